The number of hydrogen-bond donors (Lipinski definition) is 3. The van der Waals surface area contributed by atoms with E-state index in [-0.39, 0.29) is 31.4 Å². The molecule has 0 aliphatic heterocycles. The Morgan fingerprint density at radius 2 is 1.67 bits per heavy atom. The number of aliphatic hydroxyl groups is 1. The topological polar surface area (TPSA) is 62.8 Å². The Morgan fingerprint density at radius 3 is 2.37 bits per heavy atom. The minimum Gasteiger partial charge on any atom is -0.490 e. The second-order valence-corrected chi connectivity index (χ2v) is 7.09. The van der Waals surface area contributed by atoms with Gasteiger partial charge in [-0.1, -0.05) is 35.3 Å². The first-order valence-corrected chi connectivity index (χ1v) is 10.2. The van der Waals surface area contributed by atoms with Gasteiger partial charge in [-0.3, -0.25) is 0 Å². The molecule has 0 heterocycles. The largest absolute Gasteiger partial charge is 0.490 e. The zero-order valence-electron chi connectivity index (χ0n) is 17.0. The highest BCUT2D eigenvalue weighted by atomic mass is 35.5. The van der Waals surface area contributed by atoms with Gasteiger partial charge in [0.05, 0.1) is 13.2 Å². The van der Waals surface area contributed by atoms with Crippen molar-refractivity contribution in [3.8, 4) is 11.5 Å². The van der Waals surface area contributed by atoms with E-state index in [9.17, 15) is 0 Å². The molecular formula is C21H30Cl4N2O3. The van der Waals surface area contributed by atoms with E-state index >= 15 is 0 Å². The molecule has 2 aromatic carbocycles. The van der Waals surface area contributed by atoms with Crippen molar-refractivity contribution in [1.29, 1.82) is 0 Å². The summed E-state index contributed by atoms with van der Waals surface area (Å²) in [5.41, 5.74) is 2.00. The average molecular weight is 500 g/mol. The molecule has 3 N–H and O–H groups in total. The van der Waals surface area contributed by atoms with Crippen LogP contribution in [0.3, 0.4) is 0 Å². The van der Waals surface area contributed by atoms with Crippen molar-refractivity contribution < 1.29 is 14.6 Å². The molecule has 2 aromatic rings. The van der Waals surface area contributed by atoms with Crippen LogP contribution in [0.2, 0.25) is 10.0 Å². The summed E-state index contributed by atoms with van der Waals surface area (Å²) in [5, 5.41) is 16.5. The molecule has 0 aliphatic carbocycles. The van der Waals surface area contributed by atoms with Gasteiger partial charge in [-0.25, -0.2) is 0 Å². The van der Waals surface area contributed by atoms with Gasteiger partial charge in [0.2, 0.25) is 0 Å². The summed E-state index contributed by atoms with van der Waals surface area (Å²) >= 11 is 12.1. The predicted octanol–water partition coefficient (Wildman–Crippen LogP) is 4.88. The van der Waals surface area contributed by atoms with Crippen molar-refractivity contribution in [3.63, 3.8) is 0 Å². The highest BCUT2D eigenvalue weighted by Crippen LogP contribution is 2.30. The van der Waals surface area contributed by atoms with Crippen molar-refractivity contribution in [2.45, 2.75) is 26.5 Å². The summed E-state index contributed by atoms with van der Waals surface area (Å²) in [6, 6.07) is 11.3. The first-order valence-electron chi connectivity index (χ1n) is 9.48. The normalized spacial score (nSPS) is 10.1. The van der Waals surface area contributed by atoms with E-state index in [1.807, 2.05) is 31.2 Å². The van der Waals surface area contributed by atoms with Gasteiger partial charge in [0.1, 0.15) is 6.61 Å². The standard InChI is InChI=1S/C21H28Cl2N2O3.2ClH/c1-2-27-21-12-16(14-25-9-3-8-24-10-11-26)4-7-20(21)28-15-17-5-6-18(22)13-19(17)23;;/h4-7,12-13,24-26H,2-3,8-11,14-15H2,1H3;2*1H. The van der Waals surface area contributed by atoms with Gasteiger partial charge >= 0.3 is 0 Å². The lowest BCUT2D eigenvalue weighted by Crippen LogP contribution is -2.23. The lowest BCUT2D eigenvalue weighted by atomic mass is 10.2. The van der Waals surface area contributed by atoms with Gasteiger partial charge in [-0.15, -0.1) is 24.8 Å². The number of aliphatic hydroxyl groups excluding tert-OH is 1. The van der Waals surface area contributed by atoms with Crippen molar-refractivity contribution in [2.24, 2.45) is 0 Å². The van der Waals surface area contributed by atoms with E-state index < -0.39 is 0 Å². The van der Waals surface area contributed by atoms with Gasteiger partial charge in [0, 0.05) is 28.7 Å². The molecule has 9 heteroatoms. The monoisotopic (exact) mass is 498 g/mol. The predicted molar refractivity (Wildman–Crippen MR) is 129 cm³/mol. The first kappa shape index (κ1) is 29.1. The van der Waals surface area contributed by atoms with Crippen molar-refractivity contribution in [2.75, 3.05) is 32.8 Å². The van der Waals surface area contributed by atoms with Gasteiger partial charge in [-0.2, -0.15) is 0 Å². The fourth-order valence-corrected chi connectivity index (χ4v) is 3.08. The number of halogens is 4. The summed E-state index contributed by atoms with van der Waals surface area (Å²) in [7, 11) is 0. The smallest absolute Gasteiger partial charge is 0.161 e. The minimum atomic E-state index is 0. The molecule has 0 bridgehead atoms. The quantitative estimate of drug-likeness (QED) is 0.343. The number of ether oxygens (including phenoxy) is 2. The molecule has 0 fully saturated rings. The van der Waals surface area contributed by atoms with E-state index in [4.69, 9.17) is 37.8 Å². The summed E-state index contributed by atoms with van der Waals surface area (Å²) < 4.78 is 11.7. The number of benzene rings is 2. The number of rotatable bonds is 13. The number of nitrogens with one attached hydrogen (secondary N) is 2. The van der Waals surface area contributed by atoms with Crippen LogP contribution in [0.25, 0.3) is 0 Å². The molecule has 30 heavy (non-hydrogen) atoms. The third-order valence-electron chi connectivity index (χ3n) is 4.03. The molecule has 0 aliphatic rings. The highest BCUT2D eigenvalue weighted by molar-refractivity contribution is 6.35. The Kier molecular flexibility index (Phi) is 16.2. The maximum Gasteiger partial charge on any atom is 0.161 e. The van der Waals surface area contributed by atoms with Crippen LogP contribution in [0, 0.1) is 0 Å². The second kappa shape index (κ2) is 16.7. The molecule has 170 valence electrons. The van der Waals surface area contributed by atoms with Crippen molar-refractivity contribution in [3.05, 3.63) is 57.6 Å². The molecule has 0 saturated carbocycles. The van der Waals surface area contributed by atoms with Crippen LogP contribution in [-0.4, -0.2) is 38.0 Å². The fourth-order valence-electron chi connectivity index (χ4n) is 2.62. The van der Waals surface area contributed by atoms with E-state index in [2.05, 4.69) is 10.6 Å². The Morgan fingerprint density at radius 1 is 0.900 bits per heavy atom. The molecule has 0 unspecified atom stereocenters. The van der Waals surface area contributed by atoms with E-state index in [0.29, 0.717) is 35.6 Å². The minimum absolute atomic E-state index is 0. The molecule has 0 amide bonds. The molecule has 5 nitrogen and oxygen atoms in total. The molecule has 0 spiro atoms. The summed E-state index contributed by atoms with van der Waals surface area (Å²) in [5.74, 6) is 1.40. The average Bonchev–Trinajstić information content (AvgIpc) is 2.68. The third kappa shape index (κ3) is 10.4. The third-order valence-corrected chi connectivity index (χ3v) is 4.62. The number of hydrogen-bond acceptors (Lipinski definition) is 5. The van der Waals surface area contributed by atoms with Crippen LogP contribution in [-0.2, 0) is 13.2 Å². The van der Waals surface area contributed by atoms with Crippen LogP contribution < -0.4 is 20.1 Å². The van der Waals surface area contributed by atoms with Gasteiger partial charge in [0.15, 0.2) is 11.5 Å². The van der Waals surface area contributed by atoms with Crippen LogP contribution in [0.5, 0.6) is 11.5 Å². The Hall–Kier alpha value is -0.920. The SMILES string of the molecule is CCOc1cc(CNCCCNCCO)ccc1OCc1ccc(Cl)cc1Cl.Cl.Cl. The molecule has 0 atom stereocenters. The Bertz CT molecular complexity index is 735. The first-order chi connectivity index (χ1) is 13.6. The molecular weight excluding hydrogens is 470 g/mol. The lowest BCUT2D eigenvalue weighted by molar-refractivity contribution is 0.269. The van der Waals surface area contributed by atoms with Crippen LogP contribution in [0.15, 0.2) is 36.4 Å². The van der Waals surface area contributed by atoms with Crippen molar-refractivity contribution in [1.82, 2.24) is 10.6 Å². The fraction of sp³-hybridized carbons (Fsp3) is 0.429. The van der Waals surface area contributed by atoms with Gasteiger partial charge < -0.3 is 25.2 Å². The van der Waals surface area contributed by atoms with Crippen LogP contribution in [0.1, 0.15) is 24.5 Å². The second-order valence-electron chi connectivity index (χ2n) is 6.24. The summed E-state index contributed by atoms with van der Waals surface area (Å²) in [6.07, 6.45) is 1.00. The zero-order valence-corrected chi connectivity index (χ0v) is 20.1. The Balaban J connectivity index is 0.00000420. The van der Waals surface area contributed by atoms with E-state index in [1.165, 1.54) is 0 Å². The van der Waals surface area contributed by atoms with E-state index in [0.717, 1.165) is 42.9 Å². The van der Waals surface area contributed by atoms with Gasteiger partial charge in [0.25, 0.3) is 0 Å². The van der Waals surface area contributed by atoms with E-state index in [1.54, 1.807) is 12.1 Å². The van der Waals surface area contributed by atoms with Crippen LogP contribution in [0.4, 0.5) is 0 Å². The molecule has 0 aromatic heterocycles. The van der Waals surface area contributed by atoms with Crippen LogP contribution >= 0.6 is 48.0 Å². The molecule has 2 rings (SSSR count). The zero-order chi connectivity index (χ0) is 20.2. The lowest BCUT2D eigenvalue weighted by Gasteiger charge is -2.14. The van der Waals surface area contributed by atoms with Crippen molar-refractivity contribution >= 4 is 48.0 Å². The Labute approximate surface area is 201 Å². The molecule has 0 radical (unpaired) electrons. The summed E-state index contributed by atoms with van der Waals surface area (Å²) in [4.78, 5) is 0. The highest BCUT2D eigenvalue weighted by Gasteiger charge is 2.09. The van der Waals surface area contributed by atoms with Gasteiger partial charge in [-0.05, 0) is 56.3 Å². The maximum atomic E-state index is 8.73. The maximum absolute atomic E-state index is 8.73. The molecule has 0 saturated heterocycles. The summed E-state index contributed by atoms with van der Waals surface area (Å²) in [6.45, 7) is 6.20.